The van der Waals surface area contributed by atoms with Crippen LogP contribution in [-0.4, -0.2) is 22.7 Å². The third kappa shape index (κ3) is 1.37. The van der Waals surface area contributed by atoms with Gasteiger partial charge in [-0.15, -0.1) is 0 Å². The van der Waals surface area contributed by atoms with Crippen LogP contribution in [0, 0.1) is 0 Å². The van der Waals surface area contributed by atoms with E-state index in [1.807, 2.05) is 0 Å². The van der Waals surface area contributed by atoms with E-state index in [0.29, 0.717) is 5.92 Å². The third-order valence-corrected chi connectivity index (χ3v) is 2.11. The molecule has 0 spiro atoms. The lowest BCUT2D eigenvalue weighted by Crippen LogP contribution is -2.19. The van der Waals surface area contributed by atoms with Gasteiger partial charge in [0.05, 0.1) is 12.8 Å². The van der Waals surface area contributed by atoms with Crippen LogP contribution in [0.1, 0.15) is 24.5 Å². The lowest BCUT2D eigenvalue weighted by atomic mass is 10.3. The Hall–Kier alpha value is -1.52. The first-order chi connectivity index (χ1) is 6.22. The van der Waals surface area contributed by atoms with Crippen molar-refractivity contribution in [2.75, 3.05) is 7.11 Å². The number of nitrogens with zero attached hydrogens (tertiary/aromatic N) is 2. The molecule has 1 amide bonds. The number of amides is 1. The molecule has 2 N–H and O–H groups in total. The Labute approximate surface area is 75.5 Å². The smallest absolute Gasteiger partial charge is 0.327 e. The third-order valence-electron chi connectivity index (χ3n) is 2.11. The summed E-state index contributed by atoms with van der Waals surface area (Å²) in [5.41, 5.74) is 6.03. The molecule has 0 bridgehead atoms. The fraction of sp³-hybridized carbons (Fsp3) is 0.500. The molecule has 1 aliphatic carbocycles. The van der Waals surface area contributed by atoms with E-state index in [0.717, 1.165) is 18.5 Å². The maximum Gasteiger partial charge on any atom is 0.327 e. The molecule has 0 unspecified atom stereocenters. The summed E-state index contributed by atoms with van der Waals surface area (Å²) in [5.74, 6) is 0.495. The standard InChI is InChI=1S/C8H11N3O2/c1-13-8-10-6(5-2-3-5)4-11(8)7(9)12/h4-5H,2-3H2,1H3,(H2,9,12). The first-order valence-electron chi connectivity index (χ1n) is 4.15. The number of nitrogens with two attached hydrogens (primary N) is 1. The molecule has 0 aromatic carbocycles. The number of carbonyl (C=O) groups excluding carboxylic acids is 1. The molecule has 5 nitrogen and oxygen atoms in total. The van der Waals surface area contributed by atoms with Crippen molar-refractivity contribution in [2.45, 2.75) is 18.8 Å². The minimum atomic E-state index is -0.559. The molecule has 0 saturated heterocycles. The van der Waals surface area contributed by atoms with Gasteiger partial charge >= 0.3 is 12.0 Å². The second-order valence-electron chi connectivity index (χ2n) is 3.13. The van der Waals surface area contributed by atoms with Gasteiger partial charge in [-0.05, 0) is 12.8 Å². The van der Waals surface area contributed by atoms with Crippen LogP contribution in [0.5, 0.6) is 6.01 Å². The second kappa shape index (κ2) is 2.76. The number of hydrogen-bond donors (Lipinski definition) is 1. The van der Waals surface area contributed by atoms with Crippen molar-refractivity contribution >= 4 is 6.03 Å². The summed E-state index contributed by atoms with van der Waals surface area (Å²) >= 11 is 0. The lowest BCUT2D eigenvalue weighted by molar-refractivity contribution is 0.246. The Morgan fingerprint density at radius 1 is 1.77 bits per heavy atom. The number of ether oxygens (including phenoxy) is 1. The van der Waals surface area contributed by atoms with Gasteiger partial charge in [0.15, 0.2) is 0 Å². The SMILES string of the molecule is COc1nc(C2CC2)cn1C(N)=O. The number of hydrogen-bond acceptors (Lipinski definition) is 3. The van der Waals surface area contributed by atoms with Crippen LogP contribution in [0.15, 0.2) is 6.20 Å². The molecule has 70 valence electrons. The van der Waals surface area contributed by atoms with E-state index in [-0.39, 0.29) is 6.01 Å². The Morgan fingerprint density at radius 3 is 2.85 bits per heavy atom. The van der Waals surface area contributed by atoms with E-state index in [4.69, 9.17) is 10.5 Å². The van der Waals surface area contributed by atoms with Crippen LogP contribution in [-0.2, 0) is 0 Å². The molecule has 1 aliphatic rings. The molecule has 0 atom stereocenters. The second-order valence-corrected chi connectivity index (χ2v) is 3.13. The Morgan fingerprint density at radius 2 is 2.46 bits per heavy atom. The topological polar surface area (TPSA) is 70.1 Å². The van der Waals surface area contributed by atoms with Gasteiger partial charge in [-0.25, -0.2) is 9.36 Å². The molecule has 1 fully saturated rings. The number of aromatic nitrogens is 2. The number of methoxy groups -OCH3 is 1. The lowest BCUT2D eigenvalue weighted by Gasteiger charge is -1.98. The minimum Gasteiger partial charge on any atom is -0.468 e. The van der Waals surface area contributed by atoms with Crippen molar-refractivity contribution in [2.24, 2.45) is 5.73 Å². The summed E-state index contributed by atoms with van der Waals surface area (Å²) in [6.45, 7) is 0. The van der Waals surface area contributed by atoms with Crippen LogP contribution < -0.4 is 10.5 Å². The number of rotatable bonds is 2. The van der Waals surface area contributed by atoms with Gasteiger partial charge in [-0.1, -0.05) is 0 Å². The Balaban J connectivity index is 2.36. The first-order valence-corrected chi connectivity index (χ1v) is 4.15. The van der Waals surface area contributed by atoms with Crippen LogP contribution in [0.4, 0.5) is 4.79 Å². The highest BCUT2D eigenvalue weighted by molar-refractivity contribution is 5.76. The van der Waals surface area contributed by atoms with Gasteiger partial charge in [0.25, 0.3) is 0 Å². The molecule has 1 aromatic heterocycles. The number of primary amides is 1. The quantitative estimate of drug-likeness (QED) is 0.729. The normalized spacial score (nSPS) is 15.8. The fourth-order valence-corrected chi connectivity index (χ4v) is 1.26. The fourth-order valence-electron chi connectivity index (χ4n) is 1.26. The van der Waals surface area contributed by atoms with E-state index in [1.165, 1.54) is 11.7 Å². The van der Waals surface area contributed by atoms with E-state index < -0.39 is 6.03 Å². The van der Waals surface area contributed by atoms with Crippen LogP contribution in [0.2, 0.25) is 0 Å². The van der Waals surface area contributed by atoms with Gasteiger partial charge in [0, 0.05) is 12.1 Å². The highest BCUT2D eigenvalue weighted by atomic mass is 16.5. The van der Waals surface area contributed by atoms with Crippen molar-refractivity contribution in [3.63, 3.8) is 0 Å². The average Bonchev–Trinajstić information content (AvgIpc) is 2.84. The van der Waals surface area contributed by atoms with Crippen LogP contribution >= 0.6 is 0 Å². The molecule has 2 rings (SSSR count). The zero-order valence-corrected chi connectivity index (χ0v) is 7.36. The predicted molar refractivity (Wildman–Crippen MR) is 45.7 cm³/mol. The Kier molecular flexibility index (Phi) is 1.72. The van der Waals surface area contributed by atoms with Gasteiger partial charge in [0.1, 0.15) is 0 Å². The summed E-state index contributed by atoms with van der Waals surface area (Å²) in [7, 11) is 1.47. The highest BCUT2D eigenvalue weighted by Crippen LogP contribution is 2.39. The maximum absolute atomic E-state index is 10.9. The monoisotopic (exact) mass is 181 g/mol. The molecule has 5 heteroatoms. The van der Waals surface area contributed by atoms with Gasteiger partial charge < -0.3 is 10.5 Å². The van der Waals surface area contributed by atoms with Crippen molar-refractivity contribution < 1.29 is 9.53 Å². The largest absolute Gasteiger partial charge is 0.468 e. The van der Waals surface area contributed by atoms with Crippen LogP contribution in [0.25, 0.3) is 0 Å². The summed E-state index contributed by atoms with van der Waals surface area (Å²) in [4.78, 5) is 15.1. The van der Waals surface area contributed by atoms with Crippen molar-refractivity contribution in [1.29, 1.82) is 0 Å². The van der Waals surface area contributed by atoms with E-state index in [1.54, 1.807) is 6.20 Å². The molecule has 1 saturated carbocycles. The molecule has 1 heterocycles. The summed E-state index contributed by atoms with van der Waals surface area (Å²) in [5, 5.41) is 0. The molecular formula is C8H11N3O2. The molecule has 13 heavy (non-hydrogen) atoms. The van der Waals surface area contributed by atoms with E-state index >= 15 is 0 Å². The first kappa shape index (κ1) is 8.10. The Bertz CT molecular complexity index is 341. The average molecular weight is 181 g/mol. The minimum absolute atomic E-state index is 0.273. The van der Waals surface area contributed by atoms with Gasteiger partial charge in [0.2, 0.25) is 0 Å². The molecule has 0 aliphatic heterocycles. The molecular weight excluding hydrogens is 170 g/mol. The zero-order valence-electron chi connectivity index (χ0n) is 7.36. The predicted octanol–water partition coefficient (Wildman–Crippen LogP) is 0.696. The zero-order chi connectivity index (χ0) is 9.42. The van der Waals surface area contributed by atoms with E-state index in [9.17, 15) is 4.79 Å². The molecule has 0 radical (unpaired) electrons. The van der Waals surface area contributed by atoms with Gasteiger partial charge in [-0.3, -0.25) is 0 Å². The highest BCUT2D eigenvalue weighted by Gasteiger charge is 2.28. The van der Waals surface area contributed by atoms with E-state index in [2.05, 4.69) is 4.98 Å². The number of imidazole rings is 1. The summed E-state index contributed by atoms with van der Waals surface area (Å²) < 4.78 is 6.15. The number of carbonyl (C=O) groups is 1. The van der Waals surface area contributed by atoms with Crippen molar-refractivity contribution in [3.8, 4) is 6.01 Å². The summed E-state index contributed by atoms with van der Waals surface area (Å²) in [6, 6.07) is -0.286. The maximum atomic E-state index is 10.9. The molecule has 1 aromatic rings. The van der Waals surface area contributed by atoms with Crippen LogP contribution in [0.3, 0.4) is 0 Å². The van der Waals surface area contributed by atoms with Crippen molar-refractivity contribution in [3.05, 3.63) is 11.9 Å². The van der Waals surface area contributed by atoms with Gasteiger partial charge in [-0.2, -0.15) is 4.98 Å². The summed E-state index contributed by atoms with van der Waals surface area (Å²) in [6.07, 6.45) is 3.93. The van der Waals surface area contributed by atoms with Crippen molar-refractivity contribution in [1.82, 2.24) is 9.55 Å².